The van der Waals surface area contributed by atoms with Crippen molar-refractivity contribution in [1.82, 2.24) is 0 Å². The number of thioether (sulfide) groups is 8. The molecule has 30 heteroatoms. The summed E-state index contributed by atoms with van der Waals surface area (Å²) in [6.07, 6.45) is 8.93. The molecular weight excluding hydrogens is 2870 g/mol. The van der Waals surface area contributed by atoms with Crippen LogP contribution in [-0.2, 0) is 72.4 Å². The fourth-order valence-corrected chi connectivity index (χ4v) is 24.5. The second-order valence-electron chi connectivity index (χ2n) is 33.3. The number of ether oxygens (including phenoxy) is 12. The largest absolute Gasteiger partial charge is 1.00 e. The Morgan fingerprint density at radius 3 is 0.905 bits per heavy atom. The molecule has 8 unspecified atom stereocenters. The Hall–Kier alpha value is 11.7. The quantitative estimate of drug-likeness (QED) is 0.0439. The maximum Gasteiger partial charge on any atom is 1.00 e. The first-order chi connectivity index (χ1) is 62.7. The molecule has 8 heterocycles. The van der Waals surface area contributed by atoms with E-state index in [9.17, 15) is 0 Å². The summed E-state index contributed by atoms with van der Waals surface area (Å²) in [5.74, 6) is 14.1. The van der Waals surface area contributed by atoms with Crippen molar-refractivity contribution in [1.29, 1.82) is 0 Å². The summed E-state index contributed by atoms with van der Waals surface area (Å²) < 4.78 is 65.6. The Balaban J connectivity index is 0.000000526. The SMILES string of the molecule is COc1ccc(CSC2C[C@@H](C)[CH-]O2)cc1.COc1cccc(CSC2C[C@@H](C)[CH-]O2)c1.COc1ccccc1CSC1C[C@@H](C)[CH-]O1.COc1ccccc1CSC1C[C@@H](C)[CH-]O1.C[C@H](SC1C[C@@H](C)[CH-]O1)c1ccccc1.C[C@H]1[CH-]OC(SC(c2ccccc2)c2ccccc2)C1.C[C@H]1[CH-]OC(SCc2cccc(Cl)c2)C1.C[C@H]1[CH-]OC(SCc2ccccc2Cl)C1.[Cs+].[Cs+].[Cs+].[Cs+].[Cs+].[Cs+].[Cs+].[Cs+]. The van der Waals surface area contributed by atoms with E-state index in [1.807, 2.05) is 244 Å². The van der Waals surface area contributed by atoms with Gasteiger partial charge in [-0.2, -0.15) is 0 Å². The van der Waals surface area contributed by atoms with Crippen molar-refractivity contribution >= 4 is 117 Å². The van der Waals surface area contributed by atoms with E-state index in [0.717, 1.165) is 119 Å². The second-order valence-corrected chi connectivity index (χ2v) is 43.8. The van der Waals surface area contributed by atoms with Crippen LogP contribution in [0.25, 0.3) is 0 Å². The van der Waals surface area contributed by atoms with E-state index in [4.69, 9.17) is 80.0 Å². The number of para-hydroxylation sites is 2. The van der Waals surface area contributed by atoms with Gasteiger partial charge in [-0.3, -0.25) is 0 Å². The minimum Gasteiger partial charge on any atom is -0.542 e. The van der Waals surface area contributed by atoms with E-state index in [1.54, 1.807) is 28.4 Å². The van der Waals surface area contributed by atoms with Crippen LogP contribution in [0.1, 0.15) is 174 Å². The monoisotopic (exact) mass is 3000 g/mol. The number of halogens is 2. The first kappa shape index (κ1) is 145. The molecule has 0 radical (unpaired) electrons. The van der Waals surface area contributed by atoms with E-state index in [1.165, 1.54) is 50.1 Å². The van der Waals surface area contributed by atoms with Gasteiger partial charge in [0, 0.05) is 60.9 Å². The average Bonchev–Trinajstić information content (AvgIpc) is 1.77. The predicted molar refractivity (Wildman–Crippen MR) is 551 cm³/mol. The van der Waals surface area contributed by atoms with Crippen LogP contribution in [0.2, 0.25) is 10.0 Å². The number of hydrogen-bond acceptors (Lipinski definition) is 20. The van der Waals surface area contributed by atoms with Gasteiger partial charge in [-0.15, -0.1) is 141 Å². The van der Waals surface area contributed by atoms with Crippen molar-refractivity contribution in [2.24, 2.45) is 47.3 Å². The molecule has 8 aliphatic heterocycles. The molecule has 0 bridgehead atoms. The number of rotatable bonds is 29. The summed E-state index contributed by atoms with van der Waals surface area (Å²) in [6, 6.07) is 80.6. The van der Waals surface area contributed by atoms with Gasteiger partial charge in [-0.1, -0.05) is 261 Å². The summed E-state index contributed by atoms with van der Waals surface area (Å²) in [5.41, 5.74) is 14.1. The summed E-state index contributed by atoms with van der Waals surface area (Å²) in [7, 11) is 6.81. The van der Waals surface area contributed by atoms with Crippen LogP contribution in [0.3, 0.4) is 0 Å². The van der Waals surface area contributed by atoms with E-state index >= 15 is 0 Å². The third kappa shape index (κ3) is 59.9. The number of hydrogen-bond donors (Lipinski definition) is 0. The third-order valence-corrected chi connectivity index (χ3v) is 31.7. The molecule has 12 nitrogen and oxygen atoms in total. The molecule has 17 atom stereocenters. The molecular formula is C107H132Cl2Cs8O12S8. The van der Waals surface area contributed by atoms with E-state index in [0.29, 0.717) is 95.9 Å². The molecule has 0 spiro atoms. The summed E-state index contributed by atoms with van der Waals surface area (Å²) in [5, 5.41) is 2.50. The summed E-state index contributed by atoms with van der Waals surface area (Å²) in [4.78, 5) is 0. The molecule has 8 fully saturated rings. The van der Waals surface area contributed by atoms with Crippen molar-refractivity contribution in [3.05, 3.63) is 350 Å². The van der Waals surface area contributed by atoms with Crippen LogP contribution in [-0.4, -0.2) is 71.9 Å². The summed E-state index contributed by atoms with van der Waals surface area (Å²) >= 11 is 26.9. The predicted octanol–water partition coefficient (Wildman–Crippen LogP) is 7.24. The molecule has 137 heavy (non-hydrogen) atoms. The number of methoxy groups -OCH3 is 4. The Kier molecular flexibility index (Phi) is 91.3. The summed E-state index contributed by atoms with van der Waals surface area (Å²) in [6.45, 7) is 35.4. The zero-order chi connectivity index (χ0) is 91.3. The van der Waals surface area contributed by atoms with Gasteiger partial charge < -0.3 is 56.8 Å². The molecule has 9 aromatic carbocycles. The van der Waals surface area contributed by atoms with E-state index in [2.05, 4.69) is 202 Å². The van der Waals surface area contributed by atoms with Gasteiger partial charge in [0.05, 0.1) is 77.2 Å². The first-order valence-electron chi connectivity index (χ1n) is 44.7. The molecule has 8 aliphatic rings. The number of benzene rings is 9. The molecule has 0 aliphatic carbocycles. The normalized spacial score (nSPS) is 23.4. The minimum atomic E-state index is 0. The van der Waals surface area contributed by atoms with Crippen molar-refractivity contribution in [2.75, 3.05) is 28.4 Å². The van der Waals surface area contributed by atoms with Gasteiger partial charge in [-0.25, -0.2) is 52.9 Å². The fraction of sp³-hybridized carbons (Fsp3) is 0.421. The van der Waals surface area contributed by atoms with Gasteiger partial charge in [-0.05, 0) is 152 Å². The average molecular weight is 3000 g/mol. The van der Waals surface area contributed by atoms with Gasteiger partial charge in [0.1, 0.15) is 23.0 Å². The smallest absolute Gasteiger partial charge is 0.542 e. The van der Waals surface area contributed by atoms with Gasteiger partial charge in [0.15, 0.2) is 0 Å². The van der Waals surface area contributed by atoms with Crippen molar-refractivity contribution in [3.8, 4) is 23.0 Å². The Bertz CT molecular complexity index is 4460. The van der Waals surface area contributed by atoms with Crippen LogP contribution >= 0.6 is 117 Å². The molecule has 0 saturated carbocycles. The zero-order valence-electron chi connectivity index (χ0n) is 84.8. The van der Waals surface area contributed by atoms with Crippen molar-refractivity contribution < 1.29 is 608 Å². The van der Waals surface area contributed by atoms with Crippen LogP contribution in [0.15, 0.2) is 237 Å². The molecule has 8 saturated heterocycles. The standard InChI is InChI=1S/C18H19OS.4C13H17O2S.C13H17OS.2C12H14ClOS.8Cs/c1-14-12-17(19-13-14)20-18(15-8-4-2-5-9-15)16-10-6-3-7-11-16;1-10-7-13(15-8-10)16-9-11-3-5-12(14-2)6-4-11;1-10-6-13(15-8-10)16-9-11-4-3-5-12(7-11)14-2;2*1-10-7-13(15-8-10)16-9-11-5-3-4-6-12(11)14-2;1-10-8-13(14-9-10)15-11(2)12-6-4-3-5-7-12;1-9-5-12(14-7-9)15-8-10-3-2-4-11(13)6-10;1-9-6-12(14-7-9)15-8-10-4-2-3-5-11(10)13;;;;;;;;/h2-11,13-14,17-18H,12H2,1H3;3-6,8,10,13H,7,9H2,1-2H3;3-5,7-8,10,13H,6,9H2,1-2H3;2*3-6,8,10,13H,7,9H2,1-2H3;3-7,9-11,13H,8H2,1-2H3;2-4,6-7,9,12H,5,8H2,1H3;2-5,7,9,12H,6,8H2,1H3;;;;;;;;/q8*-1;8*+1/t14-,17?;4*10-,13?;10-,11+,13?;2*9-,12?;;;;;;;;/m11111111......../s1. The van der Waals surface area contributed by atoms with Crippen LogP contribution < -0.4 is 570 Å². The molecule has 0 aromatic heterocycles. The van der Waals surface area contributed by atoms with Crippen LogP contribution in [0.5, 0.6) is 23.0 Å². The van der Waals surface area contributed by atoms with E-state index in [-0.39, 0.29) is 557 Å². The maximum absolute atomic E-state index is 6.08. The molecule has 0 N–H and O–H groups in total. The van der Waals surface area contributed by atoms with Crippen molar-refractivity contribution in [2.45, 2.75) is 202 Å². The minimum absolute atomic E-state index is 0. The van der Waals surface area contributed by atoms with Crippen LogP contribution in [0.4, 0.5) is 0 Å². The first-order valence-corrected chi connectivity index (χ1v) is 53.7. The van der Waals surface area contributed by atoms with Gasteiger partial charge in [0.25, 0.3) is 0 Å². The topological polar surface area (TPSA) is 111 Å². The Morgan fingerprint density at radius 2 is 0.569 bits per heavy atom. The maximum atomic E-state index is 6.08. The van der Waals surface area contributed by atoms with Gasteiger partial charge in [0.2, 0.25) is 0 Å². The van der Waals surface area contributed by atoms with Crippen molar-refractivity contribution in [3.63, 3.8) is 0 Å². The second kappa shape index (κ2) is 86.5. The Morgan fingerprint density at radius 1 is 0.277 bits per heavy atom. The fourth-order valence-electron chi connectivity index (χ4n) is 14.2. The van der Waals surface area contributed by atoms with Gasteiger partial charge >= 0.3 is 551 Å². The zero-order valence-corrected chi connectivity index (χ0v) is 143. The molecule has 0 amide bonds. The third-order valence-electron chi connectivity index (χ3n) is 21.4. The Labute approximate surface area is 1340 Å². The molecule has 17 rings (SSSR count). The molecule has 702 valence electrons. The van der Waals surface area contributed by atoms with E-state index < -0.39 is 0 Å². The van der Waals surface area contributed by atoms with Crippen LogP contribution in [0, 0.1) is 100 Å². The molecule has 9 aromatic rings.